The van der Waals surface area contributed by atoms with E-state index in [0.29, 0.717) is 11.3 Å². The molecule has 2 rings (SSSR count). The van der Waals surface area contributed by atoms with Gasteiger partial charge in [0, 0.05) is 18.2 Å². The summed E-state index contributed by atoms with van der Waals surface area (Å²) in [6.07, 6.45) is 0. The molecule has 1 heterocycles. The number of aliphatic hydroxyl groups is 1. The van der Waals surface area contributed by atoms with Crippen LogP contribution in [0.5, 0.6) is 5.75 Å². The van der Waals surface area contributed by atoms with Gasteiger partial charge in [0.1, 0.15) is 5.82 Å². The highest BCUT2D eigenvalue weighted by atomic mass is 19.1. The van der Waals surface area contributed by atoms with E-state index in [0.717, 1.165) is 0 Å². The van der Waals surface area contributed by atoms with Crippen molar-refractivity contribution in [1.82, 2.24) is 10.3 Å². The number of halogens is 2. The van der Waals surface area contributed by atoms with Gasteiger partial charge in [0.15, 0.2) is 11.6 Å². The lowest BCUT2D eigenvalue weighted by molar-refractivity contribution is 0.209. The Morgan fingerprint density at radius 1 is 1.17 bits per heavy atom. The van der Waals surface area contributed by atoms with Gasteiger partial charge in [0.25, 0.3) is 0 Å². The van der Waals surface area contributed by atoms with Gasteiger partial charge < -0.3 is 15.2 Å². The number of aliphatic hydroxyl groups excluding tert-OH is 1. The van der Waals surface area contributed by atoms with Crippen molar-refractivity contribution in [2.45, 2.75) is 26.4 Å². The second-order valence-corrected chi connectivity index (χ2v) is 5.89. The third kappa shape index (κ3) is 4.27. The van der Waals surface area contributed by atoms with Crippen LogP contribution in [0.15, 0.2) is 30.3 Å². The second kappa shape index (κ2) is 8.17. The Labute approximate surface area is 140 Å². The second-order valence-electron chi connectivity index (χ2n) is 5.89. The molecule has 1 aromatic carbocycles. The van der Waals surface area contributed by atoms with E-state index in [-0.39, 0.29) is 36.6 Å². The Morgan fingerprint density at radius 3 is 2.50 bits per heavy atom. The number of aromatic nitrogens is 1. The molecule has 0 radical (unpaired) electrons. The van der Waals surface area contributed by atoms with Crippen molar-refractivity contribution in [3.8, 4) is 17.0 Å². The highest BCUT2D eigenvalue weighted by Gasteiger charge is 2.14. The number of pyridine rings is 1. The number of ether oxygens (including phenoxy) is 1. The first-order valence-corrected chi connectivity index (χ1v) is 7.79. The molecule has 0 amide bonds. The van der Waals surface area contributed by atoms with Gasteiger partial charge in [-0.05, 0) is 36.2 Å². The lowest BCUT2D eigenvalue weighted by atomic mass is 10.1. The molecule has 130 valence electrons. The molecule has 1 aromatic heterocycles. The van der Waals surface area contributed by atoms with Gasteiger partial charge in [-0.2, -0.15) is 0 Å². The monoisotopic (exact) mass is 336 g/mol. The number of benzene rings is 1. The molecule has 0 spiro atoms. The van der Waals surface area contributed by atoms with E-state index in [2.05, 4.69) is 10.3 Å². The number of nitrogens with one attached hydrogen (secondary N) is 1. The van der Waals surface area contributed by atoms with Crippen molar-refractivity contribution in [2.24, 2.45) is 5.92 Å². The van der Waals surface area contributed by atoms with Gasteiger partial charge in [0.05, 0.1) is 25.1 Å². The maximum atomic E-state index is 14.0. The van der Waals surface area contributed by atoms with E-state index >= 15 is 0 Å². The molecule has 0 unspecified atom stereocenters. The van der Waals surface area contributed by atoms with Crippen LogP contribution in [0.25, 0.3) is 11.3 Å². The first-order valence-electron chi connectivity index (χ1n) is 7.79. The largest absolute Gasteiger partial charge is 0.494 e. The minimum atomic E-state index is -0.499. The molecular weight excluding hydrogens is 314 g/mol. The molecule has 24 heavy (non-hydrogen) atoms. The highest BCUT2D eigenvalue weighted by Crippen LogP contribution is 2.25. The molecule has 4 nitrogen and oxygen atoms in total. The van der Waals surface area contributed by atoms with Crippen molar-refractivity contribution in [3.63, 3.8) is 0 Å². The molecule has 2 aromatic rings. The van der Waals surface area contributed by atoms with E-state index in [1.54, 1.807) is 6.07 Å². The molecule has 0 saturated carbocycles. The quantitative estimate of drug-likeness (QED) is 0.816. The summed E-state index contributed by atoms with van der Waals surface area (Å²) in [5, 5.41) is 12.4. The van der Waals surface area contributed by atoms with Crippen molar-refractivity contribution in [1.29, 1.82) is 0 Å². The van der Waals surface area contributed by atoms with Crippen LogP contribution in [0, 0.1) is 17.6 Å². The SMILES string of the molecule is COc1ccc(-c2ccc(F)c(CN[C@@H](CO)C(C)C)n2)cc1F. The van der Waals surface area contributed by atoms with Crippen molar-refractivity contribution >= 4 is 0 Å². The van der Waals surface area contributed by atoms with Crippen LogP contribution in [0.3, 0.4) is 0 Å². The molecule has 2 N–H and O–H groups in total. The number of hydrogen-bond donors (Lipinski definition) is 2. The third-order valence-electron chi connectivity index (χ3n) is 3.90. The van der Waals surface area contributed by atoms with Gasteiger partial charge in [-0.25, -0.2) is 13.8 Å². The fraction of sp³-hybridized carbons (Fsp3) is 0.389. The molecule has 0 aliphatic heterocycles. The standard InChI is InChI=1S/C18H22F2N2O2/c1-11(2)17(10-23)21-9-16-13(19)5-6-15(22-16)12-4-7-18(24-3)14(20)8-12/h4-8,11,17,21,23H,9-10H2,1-3H3/t17-/m0/s1. The maximum absolute atomic E-state index is 14.0. The van der Waals surface area contributed by atoms with Gasteiger partial charge in [-0.15, -0.1) is 0 Å². The summed E-state index contributed by atoms with van der Waals surface area (Å²) >= 11 is 0. The number of nitrogens with zero attached hydrogens (tertiary/aromatic N) is 1. The Morgan fingerprint density at radius 2 is 1.92 bits per heavy atom. The van der Waals surface area contributed by atoms with Crippen LogP contribution in [-0.4, -0.2) is 29.8 Å². The molecule has 0 aliphatic rings. The normalized spacial score (nSPS) is 12.5. The minimum Gasteiger partial charge on any atom is -0.494 e. The predicted molar refractivity (Wildman–Crippen MR) is 88.7 cm³/mol. The van der Waals surface area contributed by atoms with Crippen LogP contribution < -0.4 is 10.1 Å². The average molecular weight is 336 g/mol. The Hall–Kier alpha value is -2.05. The zero-order chi connectivity index (χ0) is 17.7. The van der Waals surface area contributed by atoms with Crippen molar-refractivity contribution < 1.29 is 18.6 Å². The first-order chi connectivity index (χ1) is 11.5. The molecule has 1 atom stereocenters. The van der Waals surface area contributed by atoms with Crippen molar-refractivity contribution in [2.75, 3.05) is 13.7 Å². The van der Waals surface area contributed by atoms with E-state index in [4.69, 9.17) is 4.74 Å². The van der Waals surface area contributed by atoms with Crippen LogP contribution in [-0.2, 0) is 6.54 Å². The fourth-order valence-electron chi connectivity index (χ4n) is 2.33. The zero-order valence-electron chi connectivity index (χ0n) is 14.0. The van der Waals surface area contributed by atoms with E-state index in [1.165, 1.54) is 31.4 Å². The number of hydrogen-bond acceptors (Lipinski definition) is 4. The smallest absolute Gasteiger partial charge is 0.165 e. The zero-order valence-corrected chi connectivity index (χ0v) is 14.0. The topological polar surface area (TPSA) is 54.4 Å². The maximum Gasteiger partial charge on any atom is 0.165 e. The molecule has 0 aliphatic carbocycles. The van der Waals surface area contributed by atoms with Gasteiger partial charge in [0.2, 0.25) is 0 Å². The fourth-order valence-corrected chi connectivity index (χ4v) is 2.33. The molecule has 0 fully saturated rings. The summed E-state index contributed by atoms with van der Waals surface area (Å²) in [5.41, 5.74) is 1.24. The van der Waals surface area contributed by atoms with E-state index in [1.807, 2.05) is 13.8 Å². The van der Waals surface area contributed by atoms with Crippen LogP contribution in [0.1, 0.15) is 19.5 Å². The number of methoxy groups -OCH3 is 1. The minimum absolute atomic E-state index is 0.0390. The highest BCUT2D eigenvalue weighted by molar-refractivity contribution is 5.60. The predicted octanol–water partition coefficient (Wildman–Crippen LogP) is 3.14. The number of rotatable bonds is 7. The lowest BCUT2D eigenvalue weighted by Gasteiger charge is -2.20. The van der Waals surface area contributed by atoms with Gasteiger partial charge in [-0.3, -0.25) is 0 Å². The summed E-state index contributed by atoms with van der Waals surface area (Å²) in [5.74, 6) is -0.593. The van der Waals surface area contributed by atoms with Gasteiger partial charge in [-0.1, -0.05) is 13.8 Å². The van der Waals surface area contributed by atoms with E-state index in [9.17, 15) is 13.9 Å². The van der Waals surface area contributed by atoms with Gasteiger partial charge >= 0.3 is 0 Å². The summed E-state index contributed by atoms with van der Waals surface area (Å²) in [6, 6.07) is 7.16. The van der Waals surface area contributed by atoms with Crippen LogP contribution in [0.2, 0.25) is 0 Å². The lowest BCUT2D eigenvalue weighted by Crippen LogP contribution is -2.36. The summed E-state index contributed by atoms with van der Waals surface area (Å²) in [4.78, 5) is 4.28. The molecular formula is C18H22F2N2O2. The summed E-state index contributed by atoms with van der Waals surface area (Å²) in [6.45, 7) is 4.08. The van der Waals surface area contributed by atoms with E-state index < -0.39 is 11.6 Å². The Bertz CT molecular complexity index is 693. The Balaban J connectivity index is 2.23. The Kier molecular flexibility index (Phi) is 6.23. The third-order valence-corrected chi connectivity index (χ3v) is 3.90. The summed E-state index contributed by atoms with van der Waals surface area (Å²) in [7, 11) is 1.39. The molecule has 0 bridgehead atoms. The summed E-state index contributed by atoms with van der Waals surface area (Å²) < 4.78 is 32.7. The molecule has 6 heteroatoms. The van der Waals surface area contributed by atoms with Crippen molar-refractivity contribution in [3.05, 3.63) is 47.7 Å². The average Bonchev–Trinajstić information content (AvgIpc) is 2.56. The first kappa shape index (κ1) is 18.3. The van der Waals surface area contributed by atoms with Crippen LogP contribution in [0.4, 0.5) is 8.78 Å². The molecule has 0 saturated heterocycles. The van der Waals surface area contributed by atoms with Crippen LogP contribution >= 0.6 is 0 Å².